The van der Waals surface area contributed by atoms with Gasteiger partial charge < -0.3 is 4.74 Å². The highest BCUT2D eigenvalue weighted by Gasteiger charge is 2.05. The van der Waals surface area contributed by atoms with E-state index in [2.05, 4.69) is 106 Å². The second-order valence-electron chi connectivity index (χ2n) is 11.7. The number of ether oxygens (including phenoxy) is 1. The lowest BCUT2D eigenvalue weighted by Gasteiger charge is -2.09. The molecule has 0 saturated heterocycles. The van der Waals surface area contributed by atoms with Crippen LogP contribution in [0.2, 0.25) is 0 Å². The van der Waals surface area contributed by atoms with Gasteiger partial charge in [0, 0.05) is 0 Å². The van der Waals surface area contributed by atoms with Crippen LogP contribution in [0.25, 0.3) is 21.9 Å². The first-order chi connectivity index (χ1) is 20.6. The van der Waals surface area contributed by atoms with Gasteiger partial charge in [0.2, 0.25) is 0 Å². The Morgan fingerprint density at radius 1 is 0.571 bits per heavy atom. The second-order valence-corrected chi connectivity index (χ2v) is 15.5. The summed E-state index contributed by atoms with van der Waals surface area (Å²) in [5, 5.41) is 2.52. The molecule has 0 unspecified atom stereocenters. The van der Waals surface area contributed by atoms with Crippen LogP contribution in [0, 0.1) is 0 Å². The van der Waals surface area contributed by atoms with Crippen molar-refractivity contribution in [3.63, 3.8) is 0 Å². The van der Waals surface area contributed by atoms with E-state index in [4.69, 9.17) is 4.74 Å². The van der Waals surface area contributed by atoms with E-state index in [1.807, 2.05) is 0 Å². The van der Waals surface area contributed by atoms with Crippen LogP contribution in [-0.4, -0.2) is 6.61 Å². The molecule has 0 aliphatic rings. The summed E-state index contributed by atoms with van der Waals surface area (Å²) in [6, 6.07) is 24.8. The van der Waals surface area contributed by atoms with E-state index in [1.165, 1.54) is 137 Å². The average Bonchev–Trinajstić information content (AvgIpc) is 3.33. The van der Waals surface area contributed by atoms with Gasteiger partial charge in [-0.25, -0.2) is 0 Å². The van der Waals surface area contributed by atoms with E-state index in [0.717, 1.165) is 18.8 Å². The number of benzene rings is 3. The van der Waals surface area contributed by atoms with Crippen LogP contribution in [0.5, 0.6) is 5.75 Å². The summed E-state index contributed by atoms with van der Waals surface area (Å²) in [5.74, 6) is 0.985. The summed E-state index contributed by atoms with van der Waals surface area (Å²) in [6.07, 6.45) is 20.9. The minimum atomic E-state index is 0.805. The Bertz CT molecular complexity index is 1330. The van der Waals surface area contributed by atoms with Crippen LogP contribution in [-0.2, 0) is 12.8 Å². The Balaban J connectivity index is 1.09. The van der Waals surface area contributed by atoms with Crippen molar-refractivity contribution < 1.29 is 4.74 Å². The SMILES string of the molecule is CCCCCCCCc1ccc(-c2ccc3cc(OCCCCCCCCCCc4cc(Br)sc4Br)ccc3c2)cc1. The van der Waals surface area contributed by atoms with Crippen molar-refractivity contribution >= 4 is 54.0 Å². The fourth-order valence-electron chi connectivity index (χ4n) is 5.68. The Morgan fingerprint density at radius 2 is 1.17 bits per heavy atom. The molecule has 0 fully saturated rings. The molecule has 0 amide bonds. The summed E-state index contributed by atoms with van der Waals surface area (Å²) in [7, 11) is 0. The van der Waals surface area contributed by atoms with E-state index in [-0.39, 0.29) is 0 Å². The molecular weight excluding hydrogens is 664 g/mol. The summed E-state index contributed by atoms with van der Waals surface area (Å²) in [5.41, 5.74) is 5.48. The highest BCUT2D eigenvalue weighted by atomic mass is 79.9. The molecule has 0 saturated carbocycles. The maximum atomic E-state index is 6.11. The largest absolute Gasteiger partial charge is 0.494 e. The van der Waals surface area contributed by atoms with E-state index in [9.17, 15) is 0 Å². The molecule has 0 spiro atoms. The first-order valence-corrected chi connectivity index (χ1v) is 18.7. The van der Waals surface area contributed by atoms with Crippen molar-refractivity contribution in [2.45, 2.75) is 110 Å². The Kier molecular flexibility index (Phi) is 15.0. The van der Waals surface area contributed by atoms with Gasteiger partial charge in [0.25, 0.3) is 0 Å². The highest BCUT2D eigenvalue weighted by Crippen LogP contribution is 2.33. The monoisotopic (exact) mass is 710 g/mol. The Morgan fingerprint density at radius 3 is 1.86 bits per heavy atom. The van der Waals surface area contributed by atoms with Crippen LogP contribution in [0.4, 0.5) is 0 Å². The maximum Gasteiger partial charge on any atom is 0.119 e. The van der Waals surface area contributed by atoms with Crippen molar-refractivity contribution in [1.29, 1.82) is 0 Å². The molecule has 42 heavy (non-hydrogen) atoms. The summed E-state index contributed by atoms with van der Waals surface area (Å²) >= 11 is 9.02. The molecule has 0 atom stereocenters. The van der Waals surface area contributed by atoms with Crippen molar-refractivity contribution in [1.82, 2.24) is 0 Å². The zero-order chi connectivity index (χ0) is 29.4. The Labute approximate surface area is 275 Å². The number of hydrogen-bond donors (Lipinski definition) is 0. The molecule has 0 aliphatic carbocycles. The lowest BCUT2D eigenvalue weighted by atomic mass is 9.98. The van der Waals surface area contributed by atoms with Crippen LogP contribution < -0.4 is 4.74 Å². The first-order valence-electron chi connectivity index (χ1n) is 16.3. The average molecular weight is 713 g/mol. The van der Waals surface area contributed by atoms with Gasteiger partial charge in [-0.2, -0.15) is 0 Å². The molecule has 1 heterocycles. The molecule has 3 aromatic carbocycles. The third-order valence-electron chi connectivity index (χ3n) is 8.25. The zero-order valence-electron chi connectivity index (χ0n) is 25.4. The van der Waals surface area contributed by atoms with E-state index in [1.54, 1.807) is 11.3 Å². The molecule has 0 aliphatic heterocycles. The number of aryl methyl sites for hydroxylation is 2. The molecule has 4 heteroatoms. The third kappa shape index (κ3) is 11.5. The molecule has 4 aromatic rings. The van der Waals surface area contributed by atoms with Crippen LogP contribution in [0.1, 0.15) is 108 Å². The molecule has 0 bridgehead atoms. The van der Waals surface area contributed by atoms with Gasteiger partial charge in [-0.15, -0.1) is 11.3 Å². The van der Waals surface area contributed by atoms with Gasteiger partial charge in [-0.3, -0.25) is 0 Å². The van der Waals surface area contributed by atoms with Crippen LogP contribution >= 0.6 is 43.2 Å². The van der Waals surface area contributed by atoms with E-state index >= 15 is 0 Å². The molecular formula is C38H48Br2OS. The fraction of sp³-hybridized carbons (Fsp3) is 0.474. The van der Waals surface area contributed by atoms with Crippen molar-refractivity contribution in [2.75, 3.05) is 6.61 Å². The second kappa shape index (κ2) is 18.9. The lowest BCUT2D eigenvalue weighted by molar-refractivity contribution is 0.304. The van der Waals surface area contributed by atoms with Gasteiger partial charge >= 0.3 is 0 Å². The standard InChI is InChI=1S/C38H48Br2OS/c1-2-3-4-5-10-13-16-30-18-20-31(21-19-30)32-22-23-34-28-36(25-24-33(34)27-32)41-26-15-12-9-7-6-8-11-14-17-35-29-37(39)42-38(35)40/h18-25,27-29H,2-17,26H2,1H3. The summed E-state index contributed by atoms with van der Waals surface area (Å²) in [6.45, 7) is 3.09. The van der Waals surface area contributed by atoms with Crippen LogP contribution in [0.3, 0.4) is 0 Å². The number of unbranched alkanes of at least 4 members (excludes halogenated alkanes) is 12. The lowest BCUT2D eigenvalue weighted by Crippen LogP contribution is -1.97. The Hall–Kier alpha value is -1.62. The minimum absolute atomic E-state index is 0.805. The normalized spacial score (nSPS) is 11.4. The predicted molar refractivity (Wildman–Crippen MR) is 192 cm³/mol. The van der Waals surface area contributed by atoms with Crippen molar-refractivity contribution in [3.8, 4) is 16.9 Å². The number of halogens is 2. The molecule has 0 N–H and O–H groups in total. The zero-order valence-corrected chi connectivity index (χ0v) is 29.4. The number of hydrogen-bond acceptors (Lipinski definition) is 2. The van der Waals surface area contributed by atoms with Crippen LogP contribution in [0.15, 0.2) is 74.3 Å². The van der Waals surface area contributed by atoms with Gasteiger partial charge in [-0.05, 0) is 121 Å². The highest BCUT2D eigenvalue weighted by molar-refractivity contribution is 9.12. The summed E-state index contributed by atoms with van der Waals surface area (Å²) in [4.78, 5) is 0. The van der Waals surface area contributed by atoms with Gasteiger partial charge in [0.1, 0.15) is 5.75 Å². The summed E-state index contributed by atoms with van der Waals surface area (Å²) < 4.78 is 8.61. The maximum absolute atomic E-state index is 6.11. The van der Waals surface area contributed by atoms with E-state index in [0.29, 0.717) is 0 Å². The third-order valence-corrected chi connectivity index (χ3v) is 10.7. The van der Waals surface area contributed by atoms with Gasteiger partial charge in [-0.1, -0.05) is 120 Å². The molecule has 226 valence electrons. The number of fused-ring (bicyclic) bond motifs is 1. The minimum Gasteiger partial charge on any atom is -0.494 e. The molecule has 4 rings (SSSR count). The number of thiophene rings is 1. The van der Waals surface area contributed by atoms with Crippen molar-refractivity contribution in [2.24, 2.45) is 0 Å². The topological polar surface area (TPSA) is 9.23 Å². The molecule has 0 radical (unpaired) electrons. The van der Waals surface area contributed by atoms with E-state index < -0.39 is 0 Å². The molecule has 1 nitrogen and oxygen atoms in total. The van der Waals surface area contributed by atoms with Crippen molar-refractivity contribution in [3.05, 3.63) is 85.4 Å². The number of rotatable bonds is 20. The first kappa shape index (κ1) is 33.3. The quantitative estimate of drug-likeness (QED) is 0.0829. The smallest absolute Gasteiger partial charge is 0.119 e. The van der Waals surface area contributed by atoms with Gasteiger partial charge in [0.15, 0.2) is 0 Å². The molecule has 1 aromatic heterocycles. The van der Waals surface area contributed by atoms with Gasteiger partial charge in [0.05, 0.1) is 14.2 Å². The fourth-order valence-corrected chi connectivity index (χ4v) is 8.59. The predicted octanol–water partition coefficient (Wildman–Crippen LogP) is 13.7.